The minimum Gasteiger partial charge on any atom is -0.505 e. The van der Waals surface area contributed by atoms with Gasteiger partial charge in [0.1, 0.15) is 12.7 Å². The van der Waals surface area contributed by atoms with E-state index >= 15 is 0 Å². The number of hydrogen-bond acceptors (Lipinski definition) is 7. The second-order valence-corrected chi connectivity index (χ2v) is 7.76. The molecular formula is C28H38O7. The number of rotatable bonds is 17. The molecule has 0 saturated carbocycles. The van der Waals surface area contributed by atoms with Gasteiger partial charge in [0.05, 0.1) is 0 Å². The number of aliphatic hydroxyl groups excluding tert-OH is 3. The molecule has 3 N–H and O–H groups in total. The number of carbonyl (C=O) groups is 2. The summed E-state index contributed by atoms with van der Waals surface area (Å²) in [4.78, 5) is 22.8. The lowest BCUT2D eigenvalue weighted by atomic mass is 10.2. The molecule has 0 aliphatic carbocycles. The molecular weight excluding hydrogens is 448 g/mol. The van der Waals surface area contributed by atoms with Crippen molar-refractivity contribution in [3.8, 4) is 0 Å². The number of allylic oxidation sites excluding steroid dienone is 12. The molecule has 1 unspecified atom stereocenters. The summed E-state index contributed by atoms with van der Waals surface area (Å²) < 4.78 is 9.51. The van der Waals surface area contributed by atoms with Crippen molar-refractivity contribution in [2.45, 2.75) is 70.5 Å². The van der Waals surface area contributed by atoms with Crippen molar-refractivity contribution in [3.05, 3.63) is 84.4 Å². The molecule has 7 heteroatoms. The highest BCUT2D eigenvalue weighted by molar-refractivity contribution is 5.89. The first-order chi connectivity index (χ1) is 17.0. The van der Waals surface area contributed by atoms with Crippen LogP contribution in [-0.2, 0) is 19.1 Å². The molecule has 0 radical (unpaired) electrons. The van der Waals surface area contributed by atoms with Crippen LogP contribution in [0.25, 0.3) is 0 Å². The Hall–Kier alpha value is -3.32. The molecule has 1 aliphatic rings. The van der Waals surface area contributed by atoms with Crippen molar-refractivity contribution < 1.29 is 34.4 Å². The molecule has 1 heterocycles. The monoisotopic (exact) mass is 486 g/mol. The normalized spacial score (nSPS) is 17.9. The SMILES string of the molecule is CC/C=C\C/C=C\C/C=C\C/C=C\C/C=C\C/C=C\CCC(=O)OCC(O)[C@H]1OC(=O)C(O)=C1O. The van der Waals surface area contributed by atoms with Crippen molar-refractivity contribution in [2.75, 3.05) is 6.61 Å². The summed E-state index contributed by atoms with van der Waals surface area (Å²) in [6, 6.07) is 0. The van der Waals surface area contributed by atoms with E-state index in [1.165, 1.54) is 0 Å². The van der Waals surface area contributed by atoms with Crippen molar-refractivity contribution in [1.82, 2.24) is 0 Å². The number of aliphatic hydroxyl groups is 3. The molecule has 1 rings (SSSR count). The van der Waals surface area contributed by atoms with E-state index < -0.39 is 42.3 Å². The summed E-state index contributed by atoms with van der Waals surface area (Å²) in [6.07, 6.45) is 28.6. The van der Waals surface area contributed by atoms with Crippen molar-refractivity contribution in [3.63, 3.8) is 0 Å². The zero-order valence-corrected chi connectivity index (χ0v) is 20.4. The Morgan fingerprint density at radius 3 is 1.74 bits per heavy atom. The fourth-order valence-corrected chi connectivity index (χ4v) is 2.91. The van der Waals surface area contributed by atoms with E-state index in [4.69, 9.17) is 4.74 Å². The van der Waals surface area contributed by atoms with Crippen LogP contribution < -0.4 is 0 Å². The van der Waals surface area contributed by atoms with Crippen molar-refractivity contribution >= 4 is 11.9 Å². The zero-order chi connectivity index (χ0) is 25.7. The standard InChI is InChI=1S/C28H38O7/c1-2-3-4-5-6-7-8-9-10-11-12-13-14-15-16-17-18-19-20-21-24(30)34-22-23(29)27-25(31)26(32)28(33)35-27/h3-4,6-7,9-10,12-13,15-16,18-19,23,27,29,31-32H,2,5,8,11,14,17,20-22H2,1H3/b4-3-,7-6-,10-9-,13-12-,16-15-,19-18-/t23?,27-/m1/s1. The van der Waals surface area contributed by atoms with Crippen LogP contribution in [0.1, 0.15) is 58.3 Å². The molecule has 7 nitrogen and oxygen atoms in total. The number of ether oxygens (including phenoxy) is 2. The zero-order valence-electron chi connectivity index (χ0n) is 20.4. The maximum atomic E-state index is 11.7. The van der Waals surface area contributed by atoms with Gasteiger partial charge >= 0.3 is 11.9 Å². The Labute approximate surface area is 208 Å². The van der Waals surface area contributed by atoms with Crippen molar-refractivity contribution in [1.29, 1.82) is 0 Å². The lowest BCUT2D eigenvalue weighted by Crippen LogP contribution is -2.33. The van der Waals surface area contributed by atoms with Gasteiger partial charge in [-0.1, -0.05) is 79.8 Å². The Balaban J connectivity index is 2.04. The van der Waals surface area contributed by atoms with Crippen LogP contribution in [0.5, 0.6) is 0 Å². The highest BCUT2D eigenvalue weighted by atomic mass is 16.6. The van der Waals surface area contributed by atoms with Gasteiger partial charge in [0.15, 0.2) is 11.9 Å². The highest BCUT2D eigenvalue weighted by Gasteiger charge is 2.39. The Kier molecular flexibility index (Phi) is 16.2. The number of cyclic esters (lactones) is 1. The lowest BCUT2D eigenvalue weighted by molar-refractivity contribution is -0.154. The molecule has 0 fully saturated rings. The first kappa shape index (κ1) is 29.7. The third-order valence-corrected chi connectivity index (χ3v) is 4.82. The average molecular weight is 487 g/mol. The van der Waals surface area contributed by atoms with Gasteiger partial charge in [0, 0.05) is 6.42 Å². The third-order valence-electron chi connectivity index (χ3n) is 4.82. The fourth-order valence-electron chi connectivity index (χ4n) is 2.91. The minimum atomic E-state index is -1.46. The number of hydrogen-bond donors (Lipinski definition) is 3. The second-order valence-electron chi connectivity index (χ2n) is 7.76. The third kappa shape index (κ3) is 13.9. The number of esters is 2. The molecule has 0 bridgehead atoms. The largest absolute Gasteiger partial charge is 0.505 e. The Morgan fingerprint density at radius 2 is 1.31 bits per heavy atom. The predicted molar refractivity (Wildman–Crippen MR) is 137 cm³/mol. The molecule has 0 aromatic rings. The summed E-state index contributed by atoms with van der Waals surface area (Å²) in [5, 5.41) is 28.5. The second kappa shape index (κ2) is 19.0. The molecule has 2 atom stereocenters. The van der Waals surface area contributed by atoms with Crippen LogP contribution in [-0.4, -0.2) is 46.1 Å². The van der Waals surface area contributed by atoms with Gasteiger partial charge < -0.3 is 24.8 Å². The smallest absolute Gasteiger partial charge is 0.377 e. The van der Waals surface area contributed by atoms with E-state index in [2.05, 4.69) is 72.4 Å². The van der Waals surface area contributed by atoms with E-state index in [-0.39, 0.29) is 6.42 Å². The molecule has 0 amide bonds. The Morgan fingerprint density at radius 1 is 0.857 bits per heavy atom. The van der Waals surface area contributed by atoms with Crippen LogP contribution in [0.3, 0.4) is 0 Å². The fraction of sp³-hybridized carbons (Fsp3) is 0.429. The highest BCUT2D eigenvalue weighted by Crippen LogP contribution is 2.21. The van der Waals surface area contributed by atoms with Gasteiger partial charge in [-0.05, 0) is 44.9 Å². The summed E-state index contributed by atoms with van der Waals surface area (Å²) in [5.74, 6) is -3.37. The molecule has 192 valence electrons. The van der Waals surface area contributed by atoms with Crippen molar-refractivity contribution in [2.24, 2.45) is 0 Å². The summed E-state index contributed by atoms with van der Waals surface area (Å²) in [5.41, 5.74) is 0. The maximum Gasteiger partial charge on any atom is 0.377 e. The lowest BCUT2D eigenvalue weighted by Gasteiger charge is -2.16. The Bertz CT molecular complexity index is 843. The minimum absolute atomic E-state index is 0.131. The van der Waals surface area contributed by atoms with Gasteiger partial charge in [-0.2, -0.15) is 0 Å². The quantitative estimate of drug-likeness (QED) is 0.181. The van der Waals surface area contributed by atoms with E-state index in [0.717, 1.165) is 38.5 Å². The van der Waals surface area contributed by atoms with Crippen LogP contribution in [0, 0.1) is 0 Å². The molecule has 35 heavy (non-hydrogen) atoms. The van der Waals surface area contributed by atoms with E-state index in [0.29, 0.717) is 6.42 Å². The molecule has 1 aliphatic heterocycles. The topological polar surface area (TPSA) is 113 Å². The molecule has 0 aromatic heterocycles. The van der Waals surface area contributed by atoms with Gasteiger partial charge in [0.25, 0.3) is 0 Å². The maximum absolute atomic E-state index is 11.7. The van der Waals surface area contributed by atoms with Crippen LogP contribution in [0.4, 0.5) is 0 Å². The summed E-state index contributed by atoms with van der Waals surface area (Å²) in [6.45, 7) is 1.67. The van der Waals surface area contributed by atoms with E-state index in [9.17, 15) is 24.9 Å². The first-order valence-electron chi connectivity index (χ1n) is 12.0. The summed E-state index contributed by atoms with van der Waals surface area (Å²) in [7, 11) is 0. The van der Waals surface area contributed by atoms with Crippen LogP contribution in [0.15, 0.2) is 84.4 Å². The molecule has 0 aromatic carbocycles. The van der Waals surface area contributed by atoms with Gasteiger partial charge in [0.2, 0.25) is 5.76 Å². The predicted octanol–water partition coefficient (Wildman–Crippen LogP) is 5.62. The van der Waals surface area contributed by atoms with Crippen LogP contribution >= 0.6 is 0 Å². The summed E-state index contributed by atoms with van der Waals surface area (Å²) >= 11 is 0. The van der Waals surface area contributed by atoms with Gasteiger partial charge in [-0.25, -0.2) is 4.79 Å². The first-order valence-corrected chi connectivity index (χ1v) is 12.0. The van der Waals surface area contributed by atoms with Gasteiger partial charge in [-0.3, -0.25) is 4.79 Å². The molecule has 0 saturated heterocycles. The van der Waals surface area contributed by atoms with E-state index in [1.807, 2.05) is 12.2 Å². The molecule has 0 spiro atoms. The average Bonchev–Trinajstić information content (AvgIpc) is 3.11. The van der Waals surface area contributed by atoms with E-state index in [1.54, 1.807) is 0 Å². The van der Waals surface area contributed by atoms with Gasteiger partial charge in [-0.15, -0.1) is 0 Å². The number of carbonyl (C=O) groups excluding carboxylic acids is 2. The van der Waals surface area contributed by atoms with Crippen LogP contribution in [0.2, 0.25) is 0 Å².